The van der Waals surface area contributed by atoms with Gasteiger partial charge in [0.15, 0.2) is 0 Å². The smallest absolute Gasteiger partial charge is 0.262 e. The predicted molar refractivity (Wildman–Crippen MR) is 92.9 cm³/mol. The second-order valence-electron chi connectivity index (χ2n) is 5.33. The normalized spacial score (nSPS) is 10.8. The number of ether oxygens (including phenoxy) is 1. The Hall–Kier alpha value is -2.79. The third-order valence-corrected chi connectivity index (χ3v) is 4.26. The van der Waals surface area contributed by atoms with Gasteiger partial charge in [0.25, 0.3) is 11.8 Å². The van der Waals surface area contributed by atoms with E-state index in [0.717, 1.165) is 0 Å². The fourth-order valence-corrected chi connectivity index (χ4v) is 3.13. The first-order chi connectivity index (χ1) is 11.5. The Bertz CT molecular complexity index is 976. The summed E-state index contributed by atoms with van der Waals surface area (Å²) in [6, 6.07) is 12.0. The quantitative estimate of drug-likeness (QED) is 0.792. The summed E-state index contributed by atoms with van der Waals surface area (Å²) in [6.07, 6.45) is 0. The van der Waals surface area contributed by atoms with E-state index in [-0.39, 0.29) is 5.91 Å². The van der Waals surface area contributed by atoms with Crippen molar-refractivity contribution in [3.63, 3.8) is 0 Å². The number of nitrogens with two attached hydrogens (primary N) is 1. The lowest BCUT2D eigenvalue weighted by Crippen LogP contribution is -2.16. The summed E-state index contributed by atoms with van der Waals surface area (Å²) in [5, 5.41) is 0.989. The van der Waals surface area contributed by atoms with Gasteiger partial charge in [0, 0.05) is 16.6 Å². The van der Waals surface area contributed by atoms with Crippen LogP contribution >= 0.6 is 11.6 Å². The van der Waals surface area contributed by atoms with Crippen molar-refractivity contribution in [1.82, 2.24) is 4.57 Å². The number of fused-ring (bicyclic) bond motifs is 1. The molecule has 0 saturated carbocycles. The van der Waals surface area contributed by atoms with Crippen LogP contribution in [0.4, 0.5) is 0 Å². The minimum absolute atomic E-state index is 0.291. The maximum absolute atomic E-state index is 13.0. The van der Waals surface area contributed by atoms with Crippen molar-refractivity contribution in [2.24, 2.45) is 5.73 Å². The molecule has 0 aliphatic carbocycles. The molecule has 3 rings (SSSR count). The minimum Gasteiger partial charge on any atom is -0.495 e. The number of hydrogen-bond donors (Lipinski definition) is 1. The van der Waals surface area contributed by atoms with Crippen LogP contribution in [-0.4, -0.2) is 23.5 Å². The van der Waals surface area contributed by atoms with Crippen LogP contribution in [0.2, 0.25) is 5.02 Å². The number of carbonyl (C=O) groups excluding carboxylic acids is 2. The molecule has 6 heteroatoms. The monoisotopic (exact) mass is 342 g/mol. The molecule has 122 valence electrons. The molecular weight excluding hydrogens is 328 g/mol. The molecule has 0 radical (unpaired) electrons. The SMILES string of the molecule is COc1ccc(C(=O)n2c(C)c(C(N)=O)c3ccccc32)cc1Cl. The zero-order valence-electron chi connectivity index (χ0n) is 13.2. The number of halogens is 1. The first kappa shape index (κ1) is 16.1. The highest BCUT2D eigenvalue weighted by atomic mass is 35.5. The number of rotatable bonds is 3. The van der Waals surface area contributed by atoms with Gasteiger partial charge < -0.3 is 10.5 Å². The predicted octanol–water partition coefficient (Wildman–Crippen LogP) is 3.40. The van der Waals surface area contributed by atoms with Crippen molar-refractivity contribution >= 4 is 34.3 Å². The van der Waals surface area contributed by atoms with Crippen molar-refractivity contribution in [2.75, 3.05) is 7.11 Å². The van der Waals surface area contributed by atoms with Crippen molar-refractivity contribution in [3.05, 3.63) is 64.3 Å². The lowest BCUT2D eigenvalue weighted by atomic mass is 10.1. The van der Waals surface area contributed by atoms with E-state index in [9.17, 15) is 9.59 Å². The zero-order valence-corrected chi connectivity index (χ0v) is 13.9. The largest absolute Gasteiger partial charge is 0.495 e. The van der Waals surface area contributed by atoms with Gasteiger partial charge in [-0.3, -0.25) is 14.2 Å². The summed E-state index contributed by atoms with van der Waals surface area (Å²) in [7, 11) is 1.51. The fourth-order valence-electron chi connectivity index (χ4n) is 2.87. The molecule has 2 aromatic carbocycles. The van der Waals surface area contributed by atoms with Crippen LogP contribution in [0.15, 0.2) is 42.5 Å². The Balaban J connectivity index is 2.23. The maximum Gasteiger partial charge on any atom is 0.262 e. The van der Waals surface area contributed by atoms with Gasteiger partial charge in [0.2, 0.25) is 0 Å². The molecule has 1 aromatic heterocycles. The van der Waals surface area contributed by atoms with E-state index in [1.54, 1.807) is 49.4 Å². The van der Waals surface area contributed by atoms with Gasteiger partial charge in [-0.1, -0.05) is 29.8 Å². The van der Waals surface area contributed by atoms with E-state index >= 15 is 0 Å². The Labute approximate surface area is 143 Å². The van der Waals surface area contributed by atoms with Gasteiger partial charge in [-0.05, 0) is 31.2 Å². The summed E-state index contributed by atoms with van der Waals surface area (Å²) in [4.78, 5) is 24.8. The van der Waals surface area contributed by atoms with Gasteiger partial charge in [0.1, 0.15) is 5.75 Å². The van der Waals surface area contributed by atoms with Crippen molar-refractivity contribution in [1.29, 1.82) is 0 Å². The van der Waals surface area contributed by atoms with Crippen LogP contribution in [0.5, 0.6) is 5.75 Å². The number of amides is 1. The third kappa shape index (κ3) is 2.43. The number of aromatic nitrogens is 1. The van der Waals surface area contributed by atoms with Crippen molar-refractivity contribution < 1.29 is 14.3 Å². The Kier molecular flexibility index (Phi) is 4.03. The molecule has 0 atom stereocenters. The molecule has 3 aromatic rings. The number of carbonyl (C=O) groups is 2. The first-order valence-corrected chi connectivity index (χ1v) is 7.61. The average molecular weight is 343 g/mol. The molecule has 0 fully saturated rings. The summed E-state index contributed by atoms with van der Waals surface area (Å²) >= 11 is 6.11. The molecule has 1 heterocycles. The maximum atomic E-state index is 13.0. The van der Waals surface area contributed by atoms with Gasteiger partial charge in [-0.2, -0.15) is 0 Å². The fraction of sp³-hybridized carbons (Fsp3) is 0.111. The number of methoxy groups -OCH3 is 1. The van der Waals surface area contributed by atoms with Crippen LogP contribution < -0.4 is 10.5 Å². The highest BCUT2D eigenvalue weighted by Crippen LogP contribution is 2.29. The molecule has 24 heavy (non-hydrogen) atoms. The Morgan fingerprint density at radius 1 is 1.17 bits per heavy atom. The molecule has 5 nitrogen and oxygen atoms in total. The summed E-state index contributed by atoms with van der Waals surface area (Å²) in [5.41, 5.74) is 7.36. The van der Waals surface area contributed by atoms with E-state index in [1.807, 2.05) is 0 Å². The van der Waals surface area contributed by atoms with Crippen LogP contribution in [0.3, 0.4) is 0 Å². The zero-order chi connectivity index (χ0) is 17.4. The lowest BCUT2D eigenvalue weighted by Gasteiger charge is -2.09. The third-order valence-electron chi connectivity index (χ3n) is 3.96. The van der Waals surface area contributed by atoms with E-state index in [4.69, 9.17) is 22.1 Å². The van der Waals surface area contributed by atoms with Crippen molar-refractivity contribution in [2.45, 2.75) is 6.92 Å². The van der Waals surface area contributed by atoms with Crippen LogP contribution in [-0.2, 0) is 0 Å². The summed E-state index contributed by atoms with van der Waals surface area (Å²) in [5.74, 6) is -0.371. The Morgan fingerprint density at radius 3 is 2.50 bits per heavy atom. The molecule has 0 spiro atoms. The van der Waals surface area contributed by atoms with Gasteiger partial charge in [-0.15, -0.1) is 0 Å². The number of hydrogen-bond acceptors (Lipinski definition) is 3. The van der Waals surface area contributed by atoms with Gasteiger partial charge in [0.05, 0.1) is 23.2 Å². The number of primary amides is 1. The lowest BCUT2D eigenvalue weighted by molar-refractivity contribution is 0.0963. The van der Waals surface area contributed by atoms with E-state index in [0.29, 0.717) is 38.5 Å². The van der Waals surface area contributed by atoms with Gasteiger partial charge in [-0.25, -0.2) is 0 Å². The number of nitrogens with zero attached hydrogens (tertiary/aromatic N) is 1. The molecular formula is C18H15ClN2O3. The molecule has 0 bridgehead atoms. The summed E-state index contributed by atoms with van der Waals surface area (Å²) < 4.78 is 6.58. The molecule has 1 amide bonds. The molecule has 0 aliphatic heterocycles. The standard InChI is InChI=1S/C18H15ClN2O3/c1-10-16(17(20)22)12-5-3-4-6-14(12)21(10)18(23)11-7-8-15(24-2)13(19)9-11/h3-9H,1-2H3,(H2,20,22). The van der Waals surface area contributed by atoms with E-state index in [1.165, 1.54) is 11.7 Å². The second kappa shape index (κ2) is 6.02. The van der Waals surface area contributed by atoms with E-state index < -0.39 is 5.91 Å². The van der Waals surface area contributed by atoms with Crippen LogP contribution in [0.1, 0.15) is 26.4 Å². The average Bonchev–Trinajstić information content (AvgIpc) is 2.86. The number of para-hydroxylation sites is 1. The number of benzene rings is 2. The van der Waals surface area contributed by atoms with Gasteiger partial charge >= 0.3 is 0 Å². The second-order valence-corrected chi connectivity index (χ2v) is 5.74. The molecule has 0 saturated heterocycles. The van der Waals surface area contributed by atoms with Crippen molar-refractivity contribution in [3.8, 4) is 5.75 Å². The minimum atomic E-state index is -0.567. The highest BCUT2D eigenvalue weighted by Gasteiger charge is 2.22. The topological polar surface area (TPSA) is 74.3 Å². The summed E-state index contributed by atoms with van der Waals surface area (Å²) in [6.45, 7) is 1.70. The van der Waals surface area contributed by atoms with Crippen LogP contribution in [0.25, 0.3) is 10.9 Å². The molecule has 2 N–H and O–H groups in total. The molecule has 0 aliphatic rings. The van der Waals surface area contributed by atoms with E-state index in [2.05, 4.69) is 0 Å². The highest BCUT2D eigenvalue weighted by molar-refractivity contribution is 6.32. The first-order valence-electron chi connectivity index (χ1n) is 7.23. The Morgan fingerprint density at radius 2 is 1.88 bits per heavy atom. The molecule has 0 unspecified atom stereocenters. The van der Waals surface area contributed by atoms with Crippen LogP contribution in [0, 0.1) is 6.92 Å².